The third-order valence-corrected chi connectivity index (χ3v) is 7.19. The molecule has 4 aromatic carbocycles. The number of benzene rings is 4. The van der Waals surface area contributed by atoms with Crippen molar-refractivity contribution in [2.45, 2.75) is 46.4 Å². The molecule has 0 saturated heterocycles. The van der Waals surface area contributed by atoms with Crippen LogP contribution in [0.3, 0.4) is 0 Å². The minimum atomic E-state index is -0.306. The van der Waals surface area contributed by atoms with Gasteiger partial charge in [0, 0.05) is 28.6 Å². The van der Waals surface area contributed by atoms with E-state index in [0.717, 1.165) is 38.8 Å². The molecule has 0 saturated carbocycles. The summed E-state index contributed by atoms with van der Waals surface area (Å²) in [5.74, 6) is 1.25. The topological polar surface area (TPSA) is 110 Å². The molecule has 0 unspecified atom stereocenters. The van der Waals surface area contributed by atoms with Crippen LogP contribution in [-0.2, 0) is 51.7 Å². The van der Waals surface area contributed by atoms with Gasteiger partial charge in [0.2, 0.25) is 0 Å². The maximum absolute atomic E-state index is 12.1. The Morgan fingerprint density at radius 1 is 0.689 bits per heavy atom. The first-order valence-electron chi connectivity index (χ1n) is 15.0. The van der Waals surface area contributed by atoms with E-state index in [-0.39, 0.29) is 38.0 Å². The monoisotopic (exact) mass is 607 g/mol. The van der Waals surface area contributed by atoms with Gasteiger partial charge in [-0.1, -0.05) is 54.6 Å². The molecule has 8 heteroatoms. The summed E-state index contributed by atoms with van der Waals surface area (Å²) in [4.78, 5) is 24.3. The van der Waals surface area contributed by atoms with E-state index < -0.39 is 0 Å². The number of hydrogen-bond donors (Lipinski definition) is 1. The van der Waals surface area contributed by atoms with E-state index >= 15 is 0 Å². The Kier molecular flexibility index (Phi) is 10.5. The first-order chi connectivity index (χ1) is 22.0. The van der Waals surface area contributed by atoms with Gasteiger partial charge in [0.05, 0.1) is 26.1 Å². The third kappa shape index (κ3) is 8.10. The fraction of sp³-hybridized carbons (Fsp3) is 0.243. The zero-order valence-corrected chi connectivity index (χ0v) is 25.5. The Morgan fingerprint density at radius 2 is 1.31 bits per heavy atom. The van der Waals surface area contributed by atoms with Gasteiger partial charge < -0.3 is 29.1 Å². The summed E-state index contributed by atoms with van der Waals surface area (Å²) in [6.07, 6.45) is 0.256. The molecule has 0 radical (unpaired) electrons. The first kappa shape index (κ1) is 31.3. The van der Waals surface area contributed by atoms with Crippen molar-refractivity contribution < 1.29 is 33.0 Å². The summed E-state index contributed by atoms with van der Waals surface area (Å²) >= 11 is 0. The van der Waals surface area contributed by atoms with E-state index in [1.54, 1.807) is 13.8 Å². The summed E-state index contributed by atoms with van der Waals surface area (Å²) in [6, 6.07) is 29.0. The number of carbonyl (C=O) groups is 2. The number of furan rings is 1. The molecule has 0 bridgehead atoms. The first-order valence-corrected chi connectivity index (χ1v) is 15.0. The van der Waals surface area contributed by atoms with Crippen LogP contribution in [0.15, 0.2) is 95.4 Å². The van der Waals surface area contributed by atoms with E-state index in [4.69, 9.17) is 29.1 Å². The van der Waals surface area contributed by atoms with Crippen molar-refractivity contribution in [2.75, 3.05) is 13.2 Å². The van der Waals surface area contributed by atoms with Gasteiger partial charge in [0.15, 0.2) is 0 Å². The lowest BCUT2D eigenvalue weighted by Crippen LogP contribution is -2.09. The summed E-state index contributed by atoms with van der Waals surface area (Å²) in [7, 11) is 0. The molecular formula is C37H37NO7. The second-order valence-corrected chi connectivity index (χ2v) is 10.4. The molecule has 5 rings (SSSR count). The number of hydrogen-bond acceptors (Lipinski definition) is 8. The zero-order valence-electron chi connectivity index (χ0n) is 25.5. The number of fused-ring (bicyclic) bond motifs is 1. The van der Waals surface area contributed by atoms with Crippen molar-refractivity contribution in [1.29, 1.82) is 0 Å². The van der Waals surface area contributed by atoms with Gasteiger partial charge in [-0.3, -0.25) is 9.59 Å². The fourth-order valence-corrected chi connectivity index (χ4v) is 5.13. The van der Waals surface area contributed by atoms with Crippen molar-refractivity contribution in [1.82, 2.24) is 0 Å². The second kappa shape index (κ2) is 15.1. The molecule has 0 spiro atoms. The molecule has 5 aromatic rings. The number of rotatable bonds is 14. The number of nitrogens with two attached hydrogens (primary N) is 1. The van der Waals surface area contributed by atoms with Crippen LogP contribution >= 0.6 is 0 Å². The largest absolute Gasteiger partial charge is 0.489 e. The minimum absolute atomic E-state index is 0.123. The summed E-state index contributed by atoms with van der Waals surface area (Å²) < 4.78 is 29.0. The number of carbonyl (C=O) groups excluding carboxylic acids is 2. The lowest BCUT2D eigenvalue weighted by Gasteiger charge is -2.13. The average molecular weight is 608 g/mol. The van der Waals surface area contributed by atoms with Crippen LogP contribution in [0.5, 0.6) is 11.5 Å². The van der Waals surface area contributed by atoms with Crippen LogP contribution in [0.1, 0.15) is 41.9 Å². The average Bonchev–Trinajstić information content (AvgIpc) is 3.47. The molecule has 1 heterocycles. The van der Waals surface area contributed by atoms with E-state index in [2.05, 4.69) is 12.1 Å². The van der Waals surface area contributed by atoms with Gasteiger partial charge in [-0.2, -0.15) is 0 Å². The van der Waals surface area contributed by atoms with Crippen LogP contribution in [0.25, 0.3) is 22.1 Å². The molecule has 0 aliphatic rings. The Balaban J connectivity index is 1.43. The van der Waals surface area contributed by atoms with E-state index in [0.29, 0.717) is 42.6 Å². The van der Waals surface area contributed by atoms with Crippen LogP contribution < -0.4 is 15.2 Å². The number of ether oxygens (including phenoxy) is 4. The highest BCUT2D eigenvalue weighted by Gasteiger charge is 2.16. The third-order valence-electron chi connectivity index (χ3n) is 7.19. The Labute approximate surface area is 262 Å². The van der Waals surface area contributed by atoms with Crippen LogP contribution in [-0.4, -0.2) is 25.2 Å². The minimum Gasteiger partial charge on any atom is -0.489 e. The molecule has 0 atom stereocenters. The SMILES string of the molecule is CCOC(=O)Cc1ccccc1OCc1cc(-c2cccc(CN)c2)c2oc(COc3ccccc3CC(=O)OCC)cc2c1. The summed E-state index contributed by atoms with van der Waals surface area (Å²) in [5, 5.41) is 0.891. The van der Waals surface area contributed by atoms with E-state index in [9.17, 15) is 9.59 Å². The van der Waals surface area contributed by atoms with Gasteiger partial charge in [-0.15, -0.1) is 0 Å². The van der Waals surface area contributed by atoms with E-state index in [1.165, 1.54) is 0 Å². The van der Waals surface area contributed by atoms with Crippen molar-refractivity contribution in [3.05, 3.63) is 119 Å². The van der Waals surface area contributed by atoms with Gasteiger partial charge in [0.25, 0.3) is 0 Å². The smallest absolute Gasteiger partial charge is 0.310 e. The van der Waals surface area contributed by atoms with Crippen LogP contribution in [0, 0.1) is 0 Å². The van der Waals surface area contributed by atoms with Crippen molar-refractivity contribution in [3.63, 3.8) is 0 Å². The Hall–Kier alpha value is -5.08. The van der Waals surface area contributed by atoms with Gasteiger partial charge in [-0.05, 0) is 66.9 Å². The van der Waals surface area contributed by atoms with Gasteiger partial charge in [0.1, 0.15) is 36.1 Å². The zero-order chi connectivity index (χ0) is 31.6. The molecule has 0 amide bonds. The molecular weight excluding hydrogens is 570 g/mol. The van der Waals surface area contributed by atoms with E-state index in [1.807, 2.05) is 78.9 Å². The molecule has 0 fully saturated rings. The lowest BCUT2D eigenvalue weighted by molar-refractivity contribution is -0.143. The molecule has 0 aliphatic carbocycles. The van der Waals surface area contributed by atoms with Gasteiger partial charge in [-0.25, -0.2) is 0 Å². The molecule has 45 heavy (non-hydrogen) atoms. The van der Waals surface area contributed by atoms with Crippen LogP contribution in [0.4, 0.5) is 0 Å². The predicted molar refractivity (Wildman–Crippen MR) is 172 cm³/mol. The highest BCUT2D eigenvalue weighted by atomic mass is 16.5. The molecule has 232 valence electrons. The maximum Gasteiger partial charge on any atom is 0.310 e. The van der Waals surface area contributed by atoms with Gasteiger partial charge >= 0.3 is 11.9 Å². The van der Waals surface area contributed by atoms with Crippen molar-refractivity contribution in [2.24, 2.45) is 5.73 Å². The number of esters is 2. The Bertz CT molecular complexity index is 1770. The van der Waals surface area contributed by atoms with Crippen LogP contribution in [0.2, 0.25) is 0 Å². The summed E-state index contributed by atoms with van der Waals surface area (Å²) in [6.45, 7) is 5.08. The maximum atomic E-state index is 12.1. The highest BCUT2D eigenvalue weighted by Crippen LogP contribution is 2.34. The Morgan fingerprint density at radius 3 is 1.93 bits per heavy atom. The van der Waals surface area contributed by atoms with Crippen molar-refractivity contribution in [3.8, 4) is 22.6 Å². The molecule has 2 N–H and O–H groups in total. The quantitative estimate of drug-likeness (QED) is 0.135. The lowest BCUT2D eigenvalue weighted by atomic mass is 9.99. The predicted octanol–water partition coefficient (Wildman–Crippen LogP) is 6.93. The highest BCUT2D eigenvalue weighted by molar-refractivity contribution is 5.93. The number of para-hydroxylation sites is 2. The fourth-order valence-electron chi connectivity index (χ4n) is 5.13. The summed E-state index contributed by atoms with van der Waals surface area (Å²) in [5.41, 5.74) is 12.0. The molecule has 0 aliphatic heterocycles. The molecule has 1 aromatic heterocycles. The normalized spacial score (nSPS) is 10.9. The second-order valence-electron chi connectivity index (χ2n) is 10.4. The van der Waals surface area contributed by atoms with Crippen molar-refractivity contribution >= 4 is 22.9 Å². The molecule has 8 nitrogen and oxygen atoms in total. The standard InChI is InChI=1S/C37H37NO7/c1-3-41-35(39)20-28-11-5-7-14-33(28)43-23-26-17-30-19-31(24-44-34-15-8-6-12-29(34)21-36(40)42-4-2)45-37(30)32(18-26)27-13-9-10-25(16-27)22-38/h5-19H,3-4,20-24,38H2,1-2H3.